The standard InChI is InChI=1S/C12H10O.Na.H/c1-9(13)11-8-4-6-10-5-2-3-7-12(10)11;;/h2-8H,1H3;;. The van der Waals surface area contributed by atoms with Crippen LogP contribution in [0.4, 0.5) is 0 Å². The Labute approximate surface area is 105 Å². The molecule has 2 heteroatoms. The summed E-state index contributed by atoms with van der Waals surface area (Å²) in [6.45, 7) is 1.60. The molecule has 0 N–H and O–H groups in total. The Morgan fingerprint density at radius 1 is 1.00 bits per heavy atom. The fourth-order valence-corrected chi connectivity index (χ4v) is 1.53. The quantitative estimate of drug-likeness (QED) is 0.503. The van der Waals surface area contributed by atoms with Crippen molar-refractivity contribution in [2.45, 2.75) is 6.92 Å². The summed E-state index contributed by atoms with van der Waals surface area (Å²) in [6.07, 6.45) is 0. The van der Waals surface area contributed by atoms with Crippen LogP contribution in [-0.2, 0) is 0 Å². The zero-order chi connectivity index (χ0) is 9.26. The molecule has 1 nitrogen and oxygen atoms in total. The van der Waals surface area contributed by atoms with Crippen molar-refractivity contribution in [2.24, 2.45) is 0 Å². The van der Waals surface area contributed by atoms with Gasteiger partial charge in [0, 0.05) is 5.56 Å². The zero-order valence-corrected chi connectivity index (χ0v) is 7.45. The number of carbonyl (C=O) groups excluding carboxylic acids is 1. The Morgan fingerprint density at radius 3 is 2.36 bits per heavy atom. The summed E-state index contributed by atoms with van der Waals surface area (Å²) in [5.74, 6) is 0.122. The molecule has 0 radical (unpaired) electrons. The van der Waals surface area contributed by atoms with Gasteiger partial charge >= 0.3 is 29.6 Å². The molecule has 0 aliphatic carbocycles. The molecular formula is C12H11NaO. The summed E-state index contributed by atoms with van der Waals surface area (Å²) >= 11 is 0. The third kappa shape index (κ3) is 2.06. The number of rotatable bonds is 1. The summed E-state index contributed by atoms with van der Waals surface area (Å²) in [7, 11) is 0. The number of benzene rings is 2. The maximum absolute atomic E-state index is 11.3. The molecule has 0 aliphatic heterocycles. The molecule has 2 aromatic rings. The Kier molecular flexibility index (Phi) is 3.87. The summed E-state index contributed by atoms with van der Waals surface area (Å²) < 4.78 is 0. The van der Waals surface area contributed by atoms with Gasteiger partial charge in [-0.3, -0.25) is 4.79 Å². The Morgan fingerprint density at radius 2 is 1.64 bits per heavy atom. The average molecular weight is 194 g/mol. The van der Waals surface area contributed by atoms with Crippen molar-refractivity contribution in [1.82, 2.24) is 0 Å². The number of hydrogen-bond donors (Lipinski definition) is 0. The summed E-state index contributed by atoms with van der Waals surface area (Å²) in [4.78, 5) is 11.3. The molecule has 14 heavy (non-hydrogen) atoms. The summed E-state index contributed by atoms with van der Waals surface area (Å²) in [6, 6.07) is 13.7. The number of Topliss-reactive ketones (excluding diaryl/α,β-unsaturated/α-hetero) is 1. The minimum absolute atomic E-state index is 0. The molecule has 0 bridgehead atoms. The zero-order valence-electron chi connectivity index (χ0n) is 7.45. The molecular weight excluding hydrogens is 183 g/mol. The van der Waals surface area contributed by atoms with Crippen molar-refractivity contribution in [3.63, 3.8) is 0 Å². The Bertz CT molecular complexity index is 457. The van der Waals surface area contributed by atoms with Gasteiger partial charge in [-0.05, 0) is 17.7 Å². The second-order valence-electron chi connectivity index (χ2n) is 3.08. The fraction of sp³-hybridized carbons (Fsp3) is 0.0833. The van der Waals surface area contributed by atoms with Gasteiger partial charge in [0.25, 0.3) is 0 Å². The van der Waals surface area contributed by atoms with Crippen molar-refractivity contribution in [3.8, 4) is 0 Å². The molecule has 0 saturated heterocycles. The Balaban J connectivity index is 0.000000980. The van der Waals surface area contributed by atoms with E-state index < -0.39 is 0 Å². The van der Waals surface area contributed by atoms with Gasteiger partial charge in [0.15, 0.2) is 5.78 Å². The SMILES string of the molecule is CC(=O)c1cccc2ccccc12.[NaH]. The van der Waals surface area contributed by atoms with Crippen LogP contribution in [0.1, 0.15) is 17.3 Å². The average Bonchev–Trinajstić information content (AvgIpc) is 2.17. The van der Waals surface area contributed by atoms with Gasteiger partial charge in [-0.25, -0.2) is 0 Å². The normalized spacial score (nSPS) is 9.50. The van der Waals surface area contributed by atoms with Crippen LogP contribution in [0.25, 0.3) is 10.8 Å². The minimum atomic E-state index is 0. The molecule has 0 unspecified atom stereocenters. The first-order valence-electron chi connectivity index (χ1n) is 4.28. The molecule has 0 heterocycles. The van der Waals surface area contributed by atoms with Crippen LogP contribution < -0.4 is 0 Å². The van der Waals surface area contributed by atoms with Crippen molar-refractivity contribution < 1.29 is 4.79 Å². The first kappa shape index (κ1) is 11.4. The van der Waals surface area contributed by atoms with E-state index >= 15 is 0 Å². The Hall–Kier alpha value is -0.630. The van der Waals surface area contributed by atoms with Gasteiger partial charge in [0.05, 0.1) is 0 Å². The second-order valence-corrected chi connectivity index (χ2v) is 3.08. The van der Waals surface area contributed by atoms with E-state index in [2.05, 4.69) is 0 Å². The number of carbonyl (C=O) groups is 1. The number of ketones is 1. The van der Waals surface area contributed by atoms with Gasteiger partial charge in [-0.15, -0.1) is 0 Å². The van der Waals surface area contributed by atoms with Crippen molar-refractivity contribution in [1.29, 1.82) is 0 Å². The summed E-state index contributed by atoms with van der Waals surface area (Å²) in [5, 5.41) is 2.16. The molecule has 0 amide bonds. The molecule has 66 valence electrons. The van der Waals surface area contributed by atoms with Crippen LogP contribution in [0, 0.1) is 0 Å². The van der Waals surface area contributed by atoms with E-state index in [0.29, 0.717) is 0 Å². The molecule has 0 saturated carbocycles. The van der Waals surface area contributed by atoms with E-state index in [0.717, 1.165) is 16.3 Å². The van der Waals surface area contributed by atoms with Crippen LogP contribution in [-0.4, -0.2) is 35.3 Å². The van der Waals surface area contributed by atoms with Crippen LogP contribution in [0.2, 0.25) is 0 Å². The van der Waals surface area contributed by atoms with Gasteiger partial charge in [-0.1, -0.05) is 42.5 Å². The first-order chi connectivity index (χ1) is 6.29. The molecule has 0 spiro atoms. The first-order valence-corrected chi connectivity index (χ1v) is 4.28. The molecule has 2 rings (SSSR count). The van der Waals surface area contributed by atoms with Crippen molar-refractivity contribution >= 4 is 46.1 Å². The molecule has 2 aromatic carbocycles. The third-order valence-corrected chi connectivity index (χ3v) is 2.17. The van der Waals surface area contributed by atoms with E-state index in [9.17, 15) is 4.79 Å². The van der Waals surface area contributed by atoms with Gasteiger partial charge in [-0.2, -0.15) is 0 Å². The predicted molar refractivity (Wildman–Crippen MR) is 61.1 cm³/mol. The molecule has 0 atom stereocenters. The van der Waals surface area contributed by atoms with Crippen LogP contribution in [0.5, 0.6) is 0 Å². The van der Waals surface area contributed by atoms with E-state index in [1.54, 1.807) is 6.92 Å². The van der Waals surface area contributed by atoms with E-state index in [1.165, 1.54) is 0 Å². The van der Waals surface area contributed by atoms with Gasteiger partial charge < -0.3 is 0 Å². The van der Waals surface area contributed by atoms with Crippen LogP contribution in [0.3, 0.4) is 0 Å². The number of hydrogen-bond acceptors (Lipinski definition) is 1. The van der Waals surface area contributed by atoms with E-state index in [4.69, 9.17) is 0 Å². The van der Waals surface area contributed by atoms with E-state index in [1.807, 2.05) is 42.5 Å². The topological polar surface area (TPSA) is 17.1 Å². The molecule has 0 aromatic heterocycles. The van der Waals surface area contributed by atoms with Crippen molar-refractivity contribution in [2.75, 3.05) is 0 Å². The van der Waals surface area contributed by atoms with Gasteiger partial charge in [0.1, 0.15) is 0 Å². The molecule has 0 aliphatic rings. The van der Waals surface area contributed by atoms with Crippen LogP contribution >= 0.6 is 0 Å². The fourth-order valence-electron chi connectivity index (χ4n) is 1.53. The van der Waals surface area contributed by atoms with E-state index in [-0.39, 0.29) is 35.3 Å². The third-order valence-electron chi connectivity index (χ3n) is 2.17. The summed E-state index contributed by atoms with van der Waals surface area (Å²) in [5.41, 5.74) is 0.804. The predicted octanol–water partition coefficient (Wildman–Crippen LogP) is 2.39. The second kappa shape index (κ2) is 4.74. The monoisotopic (exact) mass is 194 g/mol. The van der Waals surface area contributed by atoms with Gasteiger partial charge in [0.2, 0.25) is 0 Å². The van der Waals surface area contributed by atoms with Crippen molar-refractivity contribution in [3.05, 3.63) is 48.0 Å². The number of fused-ring (bicyclic) bond motifs is 1. The molecule has 0 fully saturated rings. The van der Waals surface area contributed by atoms with Crippen LogP contribution in [0.15, 0.2) is 42.5 Å². The maximum atomic E-state index is 11.3.